The maximum Gasteiger partial charge on any atom is 0.163 e. The molecule has 5 aromatic rings. The van der Waals surface area contributed by atoms with Crippen LogP contribution < -0.4 is 10.1 Å². The fourth-order valence-corrected chi connectivity index (χ4v) is 5.13. The molecule has 6 nitrogen and oxygen atoms in total. The summed E-state index contributed by atoms with van der Waals surface area (Å²) in [6.07, 6.45) is 9.44. The molecule has 0 radical (unpaired) electrons. The summed E-state index contributed by atoms with van der Waals surface area (Å²) in [5.41, 5.74) is 5.91. The Balaban J connectivity index is 1.37. The lowest BCUT2D eigenvalue weighted by Gasteiger charge is -2.26. The van der Waals surface area contributed by atoms with Gasteiger partial charge in [0.15, 0.2) is 5.78 Å². The van der Waals surface area contributed by atoms with Crippen molar-refractivity contribution in [2.24, 2.45) is 0 Å². The van der Waals surface area contributed by atoms with Gasteiger partial charge in [-0.05, 0) is 48.2 Å². The predicted molar refractivity (Wildman–Crippen MR) is 145 cm³/mol. The van der Waals surface area contributed by atoms with Crippen molar-refractivity contribution in [2.45, 2.75) is 38.5 Å². The Bertz CT molecular complexity index is 1520. The molecule has 1 aliphatic rings. The number of nitrogens with one attached hydrogen (secondary N) is 1. The third-order valence-electron chi connectivity index (χ3n) is 6.98. The number of anilines is 1. The number of para-hydroxylation sites is 1. The van der Waals surface area contributed by atoms with E-state index in [9.17, 15) is 4.79 Å². The highest BCUT2D eigenvalue weighted by Crippen LogP contribution is 2.35. The van der Waals surface area contributed by atoms with Crippen molar-refractivity contribution in [3.63, 3.8) is 0 Å². The van der Waals surface area contributed by atoms with Crippen molar-refractivity contribution in [1.82, 2.24) is 14.5 Å². The molecule has 2 heterocycles. The molecule has 0 aliphatic heterocycles. The van der Waals surface area contributed by atoms with Gasteiger partial charge in [-0.25, -0.2) is 4.98 Å². The third kappa shape index (κ3) is 4.83. The first-order chi connectivity index (χ1) is 18.3. The van der Waals surface area contributed by atoms with Crippen LogP contribution in [-0.2, 0) is 19.5 Å². The van der Waals surface area contributed by atoms with Gasteiger partial charge in [-0.1, -0.05) is 48.5 Å². The summed E-state index contributed by atoms with van der Waals surface area (Å²) in [7, 11) is 0. The summed E-state index contributed by atoms with van der Waals surface area (Å²) in [6.45, 7) is 1.16. The average Bonchev–Trinajstić information content (AvgIpc) is 3.46. The van der Waals surface area contributed by atoms with Crippen LogP contribution in [0.1, 0.15) is 46.0 Å². The predicted octanol–water partition coefficient (Wildman–Crippen LogP) is 6.38. The van der Waals surface area contributed by atoms with E-state index in [-0.39, 0.29) is 11.9 Å². The topological polar surface area (TPSA) is 69.0 Å². The van der Waals surface area contributed by atoms with Crippen molar-refractivity contribution in [1.29, 1.82) is 0 Å². The van der Waals surface area contributed by atoms with Crippen LogP contribution in [0, 0.1) is 0 Å². The number of ketones is 1. The van der Waals surface area contributed by atoms with E-state index >= 15 is 0 Å². The number of imidazole rings is 1. The Hall–Kier alpha value is -4.45. The molecule has 2 aromatic heterocycles. The van der Waals surface area contributed by atoms with Gasteiger partial charge in [0, 0.05) is 48.1 Å². The molecule has 0 spiro atoms. The Kier molecular flexibility index (Phi) is 6.38. The highest BCUT2D eigenvalue weighted by molar-refractivity contribution is 5.99. The number of hydrogen-bond donors (Lipinski definition) is 1. The zero-order valence-electron chi connectivity index (χ0n) is 20.5. The number of Topliss-reactive ketones (excluding diaryl/α,β-unsaturated/α-hetero) is 1. The molecule has 0 fully saturated rings. The van der Waals surface area contributed by atoms with Gasteiger partial charge < -0.3 is 14.6 Å². The second-order valence-corrected chi connectivity index (χ2v) is 9.36. The standard InChI is InChI=1S/C31H28N4O2/c36-28-13-5-11-24-25(28)14-15-29(26(24)19-34-27-12-4-9-23-10-6-16-33-31(23)27)37-30(20-35-18-17-32-21-35)22-7-2-1-3-8-22/h1-4,6-10,12,14-18,21,30,34H,5,11,13,19-20H2/t30-/m1/s1. The maximum absolute atomic E-state index is 12.8. The summed E-state index contributed by atoms with van der Waals surface area (Å²) >= 11 is 0. The largest absolute Gasteiger partial charge is 0.483 e. The number of fused-ring (bicyclic) bond motifs is 2. The minimum Gasteiger partial charge on any atom is -0.483 e. The smallest absolute Gasteiger partial charge is 0.163 e. The number of benzene rings is 3. The molecule has 1 atom stereocenters. The number of rotatable bonds is 8. The Morgan fingerprint density at radius 3 is 2.70 bits per heavy atom. The quantitative estimate of drug-likeness (QED) is 0.274. The van der Waals surface area contributed by atoms with Gasteiger partial charge in [0.05, 0.1) is 24.1 Å². The van der Waals surface area contributed by atoms with Gasteiger partial charge >= 0.3 is 0 Å². The number of carbonyl (C=O) groups is 1. The Morgan fingerprint density at radius 1 is 0.946 bits per heavy atom. The molecule has 6 rings (SSSR count). The second-order valence-electron chi connectivity index (χ2n) is 9.36. The molecule has 0 amide bonds. The van der Waals surface area contributed by atoms with Crippen molar-refractivity contribution in [3.05, 3.63) is 120 Å². The van der Waals surface area contributed by atoms with Crippen molar-refractivity contribution in [3.8, 4) is 5.75 Å². The monoisotopic (exact) mass is 488 g/mol. The van der Waals surface area contributed by atoms with Crippen LogP contribution in [0.3, 0.4) is 0 Å². The van der Waals surface area contributed by atoms with E-state index < -0.39 is 0 Å². The zero-order valence-corrected chi connectivity index (χ0v) is 20.5. The van der Waals surface area contributed by atoms with Crippen molar-refractivity contribution in [2.75, 3.05) is 5.32 Å². The summed E-state index contributed by atoms with van der Waals surface area (Å²) in [6, 6.07) is 24.3. The van der Waals surface area contributed by atoms with Gasteiger partial charge in [0.1, 0.15) is 11.9 Å². The molecule has 1 aliphatic carbocycles. The number of pyridine rings is 1. The van der Waals surface area contributed by atoms with Crippen LogP contribution in [0.4, 0.5) is 5.69 Å². The molecule has 0 bridgehead atoms. The van der Waals surface area contributed by atoms with Crippen LogP contribution in [-0.4, -0.2) is 20.3 Å². The zero-order chi connectivity index (χ0) is 25.0. The Labute approximate surface area is 216 Å². The number of nitrogens with zero attached hydrogens (tertiary/aromatic N) is 3. The third-order valence-corrected chi connectivity index (χ3v) is 6.98. The molecule has 184 valence electrons. The van der Waals surface area contributed by atoms with Gasteiger partial charge in [-0.2, -0.15) is 0 Å². The van der Waals surface area contributed by atoms with E-state index in [4.69, 9.17) is 4.74 Å². The van der Waals surface area contributed by atoms with E-state index in [0.717, 1.165) is 57.4 Å². The molecule has 37 heavy (non-hydrogen) atoms. The lowest BCUT2D eigenvalue weighted by atomic mass is 9.86. The molecular weight excluding hydrogens is 460 g/mol. The molecule has 0 saturated carbocycles. The molecular formula is C31H28N4O2. The molecule has 0 saturated heterocycles. The normalized spacial score (nSPS) is 13.8. The molecule has 0 unspecified atom stereocenters. The molecule has 6 heteroatoms. The minimum atomic E-state index is -0.217. The van der Waals surface area contributed by atoms with Crippen molar-refractivity contribution < 1.29 is 9.53 Å². The number of carbonyl (C=O) groups excluding carboxylic acids is 1. The number of aromatic nitrogens is 3. The highest BCUT2D eigenvalue weighted by Gasteiger charge is 2.24. The Morgan fingerprint density at radius 2 is 1.84 bits per heavy atom. The highest BCUT2D eigenvalue weighted by atomic mass is 16.5. The van der Waals surface area contributed by atoms with E-state index in [2.05, 4.69) is 39.6 Å². The fraction of sp³-hybridized carbons (Fsp3) is 0.194. The summed E-state index contributed by atoms with van der Waals surface area (Å²) < 4.78 is 8.79. The average molecular weight is 489 g/mol. The van der Waals surface area contributed by atoms with Gasteiger partial charge in [0.25, 0.3) is 0 Å². The van der Waals surface area contributed by atoms with E-state index in [1.54, 1.807) is 12.5 Å². The second kappa shape index (κ2) is 10.3. The summed E-state index contributed by atoms with van der Waals surface area (Å²) in [4.78, 5) is 21.6. The lowest BCUT2D eigenvalue weighted by Crippen LogP contribution is -2.19. The number of hydrogen-bond acceptors (Lipinski definition) is 5. The van der Waals surface area contributed by atoms with Gasteiger partial charge in [-0.3, -0.25) is 9.78 Å². The number of ether oxygens (including phenoxy) is 1. The van der Waals surface area contributed by atoms with E-state index in [1.165, 1.54) is 0 Å². The van der Waals surface area contributed by atoms with Crippen LogP contribution >= 0.6 is 0 Å². The SMILES string of the molecule is O=C1CCCc2c1ccc(O[C@H](Cn1ccnc1)c1ccccc1)c2CNc1cccc2cccnc12. The van der Waals surface area contributed by atoms with E-state index in [1.807, 2.05) is 65.5 Å². The fourth-order valence-electron chi connectivity index (χ4n) is 5.13. The molecule has 1 N–H and O–H groups in total. The van der Waals surface area contributed by atoms with Gasteiger partial charge in [0.2, 0.25) is 0 Å². The first-order valence-electron chi connectivity index (χ1n) is 12.7. The van der Waals surface area contributed by atoms with Crippen LogP contribution in [0.15, 0.2) is 97.7 Å². The van der Waals surface area contributed by atoms with Crippen LogP contribution in [0.2, 0.25) is 0 Å². The van der Waals surface area contributed by atoms with Gasteiger partial charge in [-0.15, -0.1) is 0 Å². The summed E-state index contributed by atoms with van der Waals surface area (Å²) in [5.74, 6) is 1.00. The first kappa shape index (κ1) is 23.0. The van der Waals surface area contributed by atoms with E-state index in [0.29, 0.717) is 19.5 Å². The van der Waals surface area contributed by atoms with Crippen molar-refractivity contribution >= 4 is 22.4 Å². The summed E-state index contributed by atoms with van der Waals surface area (Å²) in [5, 5.41) is 4.68. The maximum atomic E-state index is 12.8. The minimum absolute atomic E-state index is 0.207. The molecule has 3 aromatic carbocycles. The first-order valence-corrected chi connectivity index (χ1v) is 12.7. The van der Waals surface area contributed by atoms with Crippen LogP contribution in [0.5, 0.6) is 5.75 Å². The lowest BCUT2D eigenvalue weighted by molar-refractivity contribution is 0.0972. The van der Waals surface area contributed by atoms with Crippen LogP contribution in [0.25, 0.3) is 10.9 Å².